The average Bonchev–Trinajstić information content (AvgIpc) is 3.75. The van der Waals surface area contributed by atoms with Crippen LogP contribution in [0.25, 0.3) is 0 Å². The molecule has 2 saturated heterocycles. The largest absolute Gasteiger partial charge is 0.487 e. The molecule has 11 rings (SSSR count). The van der Waals surface area contributed by atoms with Crippen LogP contribution in [0.5, 0.6) is 11.5 Å². The van der Waals surface area contributed by atoms with Crippen LogP contribution in [0.15, 0.2) is 12.1 Å². The van der Waals surface area contributed by atoms with Crippen molar-refractivity contribution in [3.63, 3.8) is 0 Å². The fraction of sp³-hybridized carbons (Fsp3) is 0.812. The summed E-state index contributed by atoms with van der Waals surface area (Å²) in [6, 6.07) is 5.09. The monoisotopic (exact) mass is 490 g/mol. The maximum absolute atomic E-state index is 6.85. The van der Waals surface area contributed by atoms with E-state index in [1.807, 2.05) is 0 Å². The molecule has 8 saturated carbocycles. The van der Waals surface area contributed by atoms with Crippen molar-refractivity contribution in [2.24, 2.45) is 35.5 Å². The Morgan fingerprint density at radius 3 is 1.14 bits per heavy atom. The summed E-state index contributed by atoms with van der Waals surface area (Å²) in [4.78, 5) is 0. The van der Waals surface area contributed by atoms with Crippen molar-refractivity contribution in [3.05, 3.63) is 23.3 Å². The van der Waals surface area contributed by atoms with Crippen LogP contribution < -0.4 is 9.47 Å². The maximum Gasteiger partial charge on any atom is 0.165 e. The second-order valence-electron chi connectivity index (χ2n) is 14.7. The highest BCUT2D eigenvalue weighted by Crippen LogP contribution is 2.66. The molecule has 1 aromatic rings. The SMILES string of the molecule is c1cc(C23CC4CC(CC(C4)C2)C3)c(OCC2CO2)c(OCC2CO2)c1C12CC3CC(CC(C3)C1)C2. The van der Waals surface area contributed by atoms with E-state index in [2.05, 4.69) is 12.1 Å². The predicted octanol–water partition coefficient (Wildman–Crippen LogP) is 6.18. The molecule has 194 valence electrons. The van der Waals surface area contributed by atoms with Crippen molar-refractivity contribution in [1.29, 1.82) is 0 Å². The van der Waals surface area contributed by atoms with E-state index in [1.165, 1.54) is 88.2 Å². The van der Waals surface area contributed by atoms with Gasteiger partial charge < -0.3 is 18.9 Å². The zero-order valence-electron chi connectivity index (χ0n) is 21.7. The highest BCUT2D eigenvalue weighted by molar-refractivity contribution is 5.58. The summed E-state index contributed by atoms with van der Waals surface area (Å²) in [7, 11) is 0. The lowest BCUT2D eigenvalue weighted by Crippen LogP contribution is -2.49. The van der Waals surface area contributed by atoms with Gasteiger partial charge in [0.25, 0.3) is 0 Å². The van der Waals surface area contributed by atoms with Crippen LogP contribution >= 0.6 is 0 Å². The molecule has 0 radical (unpaired) electrons. The number of rotatable bonds is 8. The van der Waals surface area contributed by atoms with Gasteiger partial charge >= 0.3 is 0 Å². The molecule has 2 aliphatic heterocycles. The zero-order valence-corrected chi connectivity index (χ0v) is 21.7. The molecule has 8 aliphatic carbocycles. The fourth-order valence-corrected chi connectivity index (χ4v) is 11.2. The van der Waals surface area contributed by atoms with Crippen molar-refractivity contribution >= 4 is 0 Å². The van der Waals surface area contributed by atoms with E-state index in [0.717, 1.165) is 60.2 Å². The van der Waals surface area contributed by atoms with E-state index in [9.17, 15) is 0 Å². The van der Waals surface area contributed by atoms with Gasteiger partial charge in [-0.25, -0.2) is 0 Å². The smallest absolute Gasteiger partial charge is 0.165 e. The van der Waals surface area contributed by atoms with Gasteiger partial charge in [0, 0.05) is 11.1 Å². The highest BCUT2D eigenvalue weighted by atomic mass is 16.6. The normalized spacial score (nSPS) is 48.9. The van der Waals surface area contributed by atoms with Gasteiger partial charge in [0.15, 0.2) is 11.5 Å². The molecule has 10 aliphatic rings. The van der Waals surface area contributed by atoms with E-state index in [-0.39, 0.29) is 12.2 Å². The topological polar surface area (TPSA) is 43.5 Å². The summed E-state index contributed by atoms with van der Waals surface area (Å²) in [6.07, 6.45) is 17.5. The molecule has 0 N–H and O–H groups in total. The number of ether oxygens (including phenoxy) is 4. The Morgan fingerprint density at radius 2 is 0.861 bits per heavy atom. The first-order chi connectivity index (χ1) is 17.6. The second-order valence-corrected chi connectivity index (χ2v) is 14.7. The minimum absolute atomic E-state index is 0.261. The van der Waals surface area contributed by atoms with Crippen molar-refractivity contribution < 1.29 is 18.9 Å². The third-order valence-corrected chi connectivity index (χ3v) is 12.0. The first kappa shape index (κ1) is 21.6. The van der Waals surface area contributed by atoms with E-state index < -0.39 is 0 Å². The van der Waals surface area contributed by atoms with Gasteiger partial charge in [0.2, 0.25) is 0 Å². The quantitative estimate of drug-likeness (QED) is 0.408. The molecule has 36 heavy (non-hydrogen) atoms. The van der Waals surface area contributed by atoms with Gasteiger partial charge in [-0.3, -0.25) is 0 Å². The number of hydrogen-bond acceptors (Lipinski definition) is 4. The average molecular weight is 491 g/mol. The van der Waals surface area contributed by atoms with Crippen LogP contribution in [0.4, 0.5) is 0 Å². The van der Waals surface area contributed by atoms with Gasteiger partial charge in [0.1, 0.15) is 25.4 Å². The Kier molecular flexibility index (Phi) is 4.60. The lowest BCUT2D eigenvalue weighted by atomic mass is 9.47. The lowest BCUT2D eigenvalue weighted by Gasteiger charge is -2.58. The molecular formula is C32H42O4. The third-order valence-electron chi connectivity index (χ3n) is 12.0. The maximum atomic E-state index is 6.85. The molecule has 0 aromatic heterocycles. The van der Waals surface area contributed by atoms with Crippen LogP contribution in [0.3, 0.4) is 0 Å². The lowest BCUT2D eigenvalue weighted by molar-refractivity contribution is -0.00920. The molecule has 4 heteroatoms. The van der Waals surface area contributed by atoms with Crippen LogP contribution in [-0.2, 0) is 20.3 Å². The molecule has 4 nitrogen and oxygen atoms in total. The van der Waals surface area contributed by atoms with E-state index in [1.54, 1.807) is 0 Å². The predicted molar refractivity (Wildman–Crippen MR) is 137 cm³/mol. The molecule has 8 bridgehead atoms. The molecule has 0 amide bonds. The fourth-order valence-electron chi connectivity index (χ4n) is 11.2. The molecule has 2 atom stereocenters. The van der Waals surface area contributed by atoms with E-state index >= 15 is 0 Å². The number of benzene rings is 1. The summed E-state index contributed by atoms with van der Waals surface area (Å²) >= 11 is 0. The Bertz CT molecular complexity index is 899. The van der Waals surface area contributed by atoms with Gasteiger partial charge in [-0.05, 0) is 123 Å². The standard InChI is InChI=1S/C32H42O4/c1-2-28(32-12-22-6-23(13-32)8-24(7-22)14-32)30(36-18-26-16-34-26)29(35-17-25-15-33-25)27(1)31-9-19-3-20(10-31)5-21(4-19)11-31/h1-2,19-26H,3-18H2. The summed E-state index contributed by atoms with van der Waals surface area (Å²) in [5.41, 5.74) is 3.57. The number of hydrogen-bond donors (Lipinski definition) is 0. The minimum Gasteiger partial charge on any atom is -0.487 e. The second kappa shape index (κ2) is 7.65. The van der Waals surface area contributed by atoms with Gasteiger partial charge in [-0.2, -0.15) is 0 Å². The molecule has 2 unspecified atom stereocenters. The van der Waals surface area contributed by atoms with Crippen molar-refractivity contribution in [2.45, 2.75) is 100 Å². The highest BCUT2D eigenvalue weighted by Gasteiger charge is 2.55. The Hall–Kier alpha value is -1.26. The molecule has 10 fully saturated rings. The Balaban J connectivity index is 1.18. The van der Waals surface area contributed by atoms with E-state index in [0.29, 0.717) is 24.0 Å². The molecular weight excluding hydrogens is 448 g/mol. The first-order valence-corrected chi connectivity index (χ1v) is 15.3. The van der Waals surface area contributed by atoms with Gasteiger partial charge in [-0.1, -0.05) is 12.1 Å². The van der Waals surface area contributed by atoms with Crippen molar-refractivity contribution in [3.8, 4) is 11.5 Å². The first-order valence-electron chi connectivity index (χ1n) is 15.3. The van der Waals surface area contributed by atoms with Crippen molar-refractivity contribution in [1.82, 2.24) is 0 Å². The summed E-state index contributed by atoms with van der Waals surface area (Å²) < 4.78 is 24.9. The summed E-state index contributed by atoms with van der Waals surface area (Å²) in [5.74, 6) is 7.74. The van der Waals surface area contributed by atoms with E-state index in [4.69, 9.17) is 18.9 Å². The summed E-state index contributed by atoms with van der Waals surface area (Å²) in [6.45, 7) is 3.01. The van der Waals surface area contributed by atoms with Crippen LogP contribution in [0.2, 0.25) is 0 Å². The third kappa shape index (κ3) is 3.45. The Morgan fingerprint density at radius 1 is 0.556 bits per heavy atom. The molecule has 0 spiro atoms. The number of epoxide rings is 2. The Labute approximate surface area is 215 Å². The van der Waals surface area contributed by atoms with Crippen LogP contribution in [-0.4, -0.2) is 38.6 Å². The minimum atomic E-state index is 0.261. The zero-order chi connectivity index (χ0) is 23.5. The molecule has 2 heterocycles. The van der Waals surface area contributed by atoms with Crippen LogP contribution in [0.1, 0.15) is 88.2 Å². The van der Waals surface area contributed by atoms with Crippen LogP contribution in [0, 0.1) is 35.5 Å². The van der Waals surface area contributed by atoms with Gasteiger partial charge in [0.05, 0.1) is 13.2 Å². The van der Waals surface area contributed by atoms with Gasteiger partial charge in [-0.15, -0.1) is 0 Å². The molecule has 1 aromatic carbocycles. The van der Waals surface area contributed by atoms with Crippen molar-refractivity contribution in [2.75, 3.05) is 26.4 Å². The summed E-state index contributed by atoms with van der Waals surface area (Å²) in [5, 5.41) is 0.